The molecule has 2 aromatic rings. The van der Waals surface area contributed by atoms with Crippen LogP contribution in [0.15, 0.2) is 67.3 Å². The van der Waals surface area contributed by atoms with E-state index in [1.165, 1.54) is 0 Å². The van der Waals surface area contributed by atoms with Gasteiger partial charge in [0.1, 0.15) is 5.75 Å². The van der Waals surface area contributed by atoms with Crippen molar-refractivity contribution in [2.24, 2.45) is 5.92 Å². The lowest BCUT2D eigenvalue weighted by Crippen LogP contribution is -2.61. The number of phenols is 1. The van der Waals surface area contributed by atoms with E-state index in [9.17, 15) is 15.0 Å². The molecule has 4 unspecified atom stereocenters. The molecule has 1 saturated heterocycles. The molecule has 5 nitrogen and oxygen atoms in total. The maximum absolute atomic E-state index is 13.1. The van der Waals surface area contributed by atoms with Crippen LogP contribution in [0.3, 0.4) is 0 Å². The van der Waals surface area contributed by atoms with E-state index in [0.29, 0.717) is 12.0 Å². The molecule has 2 N–H and O–H groups in total. The number of hydrogen-bond donors (Lipinski definition) is 2. The monoisotopic (exact) mass is 420 g/mol. The molecule has 31 heavy (non-hydrogen) atoms. The fraction of sp³-hybridized carbons (Fsp3) is 0.423. The highest BCUT2D eigenvalue weighted by molar-refractivity contribution is 5.94. The van der Waals surface area contributed by atoms with Gasteiger partial charge in [-0.3, -0.25) is 9.69 Å². The number of carbonyl (C=O) groups is 1. The Morgan fingerprint density at radius 3 is 2.74 bits per heavy atom. The van der Waals surface area contributed by atoms with E-state index in [4.69, 9.17) is 0 Å². The average Bonchev–Trinajstić information content (AvgIpc) is 2.79. The zero-order valence-electron chi connectivity index (χ0n) is 18.2. The van der Waals surface area contributed by atoms with E-state index in [1.807, 2.05) is 55.6 Å². The largest absolute Gasteiger partial charge is 0.508 e. The van der Waals surface area contributed by atoms with E-state index in [2.05, 4.69) is 17.5 Å². The highest BCUT2D eigenvalue weighted by atomic mass is 16.3. The number of benzene rings is 2. The molecule has 1 saturated carbocycles. The summed E-state index contributed by atoms with van der Waals surface area (Å²) < 4.78 is 0. The fourth-order valence-electron chi connectivity index (χ4n) is 5.66. The van der Waals surface area contributed by atoms with Gasteiger partial charge in [-0.1, -0.05) is 36.4 Å². The lowest BCUT2D eigenvalue weighted by molar-refractivity contribution is -0.0591. The van der Waals surface area contributed by atoms with Gasteiger partial charge < -0.3 is 15.1 Å². The van der Waals surface area contributed by atoms with E-state index in [-0.39, 0.29) is 29.0 Å². The van der Waals surface area contributed by atoms with Crippen molar-refractivity contribution in [3.05, 3.63) is 78.4 Å². The molecule has 1 aliphatic carbocycles. The van der Waals surface area contributed by atoms with Gasteiger partial charge in [-0.25, -0.2) is 0 Å². The predicted octanol–water partition coefficient (Wildman–Crippen LogP) is 3.43. The van der Waals surface area contributed by atoms with Crippen LogP contribution in [0.1, 0.15) is 35.2 Å². The first-order chi connectivity index (χ1) is 14.9. The van der Waals surface area contributed by atoms with Gasteiger partial charge in [-0.05, 0) is 55.6 Å². The number of aliphatic hydroxyl groups excluding tert-OH is 1. The highest BCUT2D eigenvalue weighted by Gasteiger charge is 2.52. The van der Waals surface area contributed by atoms with Crippen LogP contribution in [0.2, 0.25) is 0 Å². The molecule has 4 atom stereocenters. The summed E-state index contributed by atoms with van der Waals surface area (Å²) in [7, 11) is 1.84. The Hall–Kier alpha value is -2.63. The molecule has 2 aromatic carbocycles. The number of amides is 1. The second-order valence-corrected chi connectivity index (χ2v) is 9.05. The van der Waals surface area contributed by atoms with Crippen LogP contribution in [-0.2, 0) is 5.41 Å². The van der Waals surface area contributed by atoms with Crippen LogP contribution < -0.4 is 0 Å². The molecule has 5 heteroatoms. The van der Waals surface area contributed by atoms with E-state index < -0.39 is 6.10 Å². The number of likely N-dealkylation sites (tertiary alicyclic amines) is 1. The number of carbonyl (C=O) groups excluding carboxylic acids is 1. The fourth-order valence-corrected chi connectivity index (χ4v) is 5.66. The molecule has 164 valence electrons. The molecule has 0 radical (unpaired) electrons. The molecule has 2 aliphatic rings. The molecule has 1 heterocycles. The molecule has 4 rings (SSSR count). The first-order valence-corrected chi connectivity index (χ1v) is 11.1. The smallest absolute Gasteiger partial charge is 0.253 e. The Morgan fingerprint density at radius 2 is 2.03 bits per heavy atom. The first-order valence-electron chi connectivity index (χ1n) is 11.1. The minimum atomic E-state index is -0.528. The molecular formula is C26H32N2O3. The van der Waals surface area contributed by atoms with E-state index in [0.717, 1.165) is 38.0 Å². The molecule has 0 aromatic heterocycles. The summed E-state index contributed by atoms with van der Waals surface area (Å²) in [6.45, 7) is 6.35. The number of aromatic hydroxyl groups is 1. The number of fused-ring (bicyclic) bond motifs is 1. The van der Waals surface area contributed by atoms with Crippen LogP contribution >= 0.6 is 0 Å². The normalized spacial score (nSPS) is 28.5. The van der Waals surface area contributed by atoms with Gasteiger partial charge in [-0.15, -0.1) is 6.58 Å². The Morgan fingerprint density at radius 1 is 1.26 bits per heavy atom. The predicted molar refractivity (Wildman–Crippen MR) is 122 cm³/mol. The van der Waals surface area contributed by atoms with Crippen molar-refractivity contribution < 1.29 is 15.0 Å². The standard InChI is InChI=1S/C26H32N2O3/c1-3-13-28-14-12-26(20-10-7-11-22(29)15-20)17-21(16-24(30)23(26)18-28)27(2)25(31)19-8-5-4-6-9-19/h3-11,15,21,23-24,29-30H,1,12-14,16-18H2,2H3. The zero-order chi connectivity index (χ0) is 22.0. The van der Waals surface area contributed by atoms with Crippen molar-refractivity contribution in [3.8, 4) is 5.75 Å². The lowest BCUT2D eigenvalue weighted by Gasteiger charge is -2.56. The van der Waals surface area contributed by atoms with Crippen LogP contribution in [0.5, 0.6) is 5.75 Å². The van der Waals surface area contributed by atoms with Gasteiger partial charge in [0.25, 0.3) is 5.91 Å². The molecule has 2 fully saturated rings. The summed E-state index contributed by atoms with van der Waals surface area (Å²) >= 11 is 0. The summed E-state index contributed by atoms with van der Waals surface area (Å²) in [5.41, 5.74) is 1.43. The summed E-state index contributed by atoms with van der Waals surface area (Å²) in [6.07, 6.45) is 3.58. The number of aliphatic hydroxyl groups is 1. The molecular weight excluding hydrogens is 388 g/mol. The summed E-state index contributed by atoms with van der Waals surface area (Å²) in [5, 5.41) is 21.5. The number of rotatable bonds is 5. The van der Waals surface area contributed by atoms with Gasteiger partial charge >= 0.3 is 0 Å². The van der Waals surface area contributed by atoms with Crippen molar-refractivity contribution in [3.63, 3.8) is 0 Å². The highest BCUT2D eigenvalue weighted by Crippen LogP contribution is 2.50. The first kappa shape index (κ1) is 21.6. The third-order valence-electron chi connectivity index (χ3n) is 7.31. The summed E-state index contributed by atoms with van der Waals surface area (Å²) in [6, 6.07) is 16.7. The molecule has 1 aliphatic heterocycles. The third kappa shape index (κ3) is 4.12. The molecule has 0 bridgehead atoms. The van der Waals surface area contributed by atoms with Gasteiger partial charge in [0.15, 0.2) is 0 Å². The Balaban J connectivity index is 1.67. The summed E-state index contributed by atoms with van der Waals surface area (Å²) in [4.78, 5) is 17.3. The van der Waals surface area contributed by atoms with Crippen LogP contribution in [0, 0.1) is 5.92 Å². The Bertz CT molecular complexity index is 931. The van der Waals surface area contributed by atoms with Crippen molar-refractivity contribution >= 4 is 5.91 Å². The van der Waals surface area contributed by atoms with Crippen molar-refractivity contribution in [1.29, 1.82) is 0 Å². The zero-order valence-corrected chi connectivity index (χ0v) is 18.2. The lowest BCUT2D eigenvalue weighted by atomic mass is 9.56. The average molecular weight is 421 g/mol. The van der Waals surface area contributed by atoms with Gasteiger partial charge in [0.2, 0.25) is 0 Å². The Kier molecular flexibility index (Phi) is 6.17. The van der Waals surface area contributed by atoms with Crippen molar-refractivity contribution in [1.82, 2.24) is 9.80 Å². The van der Waals surface area contributed by atoms with Crippen molar-refractivity contribution in [2.45, 2.75) is 36.8 Å². The molecule has 0 spiro atoms. The molecule has 1 amide bonds. The second-order valence-electron chi connectivity index (χ2n) is 9.05. The quantitative estimate of drug-likeness (QED) is 0.728. The van der Waals surface area contributed by atoms with Crippen LogP contribution in [0.4, 0.5) is 0 Å². The van der Waals surface area contributed by atoms with E-state index >= 15 is 0 Å². The van der Waals surface area contributed by atoms with Gasteiger partial charge in [0.05, 0.1) is 6.10 Å². The third-order valence-corrected chi connectivity index (χ3v) is 7.31. The SMILES string of the molecule is C=CCN1CCC2(c3cccc(O)c3)CC(N(C)C(=O)c3ccccc3)CC(O)C2C1. The minimum absolute atomic E-state index is 0.0218. The summed E-state index contributed by atoms with van der Waals surface area (Å²) in [5.74, 6) is 0.260. The number of phenolic OH excluding ortho intramolecular Hbond substituents is 1. The Labute approximate surface area is 184 Å². The van der Waals surface area contributed by atoms with Crippen molar-refractivity contribution in [2.75, 3.05) is 26.7 Å². The minimum Gasteiger partial charge on any atom is -0.508 e. The maximum atomic E-state index is 13.1. The van der Waals surface area contributed by atoms with Gasteiger partial charge in [0, 0.05) is 43.1 Å². The number of nitrogens with zero attached hydrogens (tertiary/aromatic N) is 2. The second kappa shape index (κ2) is 8.85. The van der Waals surface area contributed by atoms with Crippen LogP contribution in [0.25, 0.3) is 0 Å². The van der Waals surface area contributed by atoms with Gasteiger partial charge in [-0.2, -0.15) is 0 Å². The van der Waals surface area contributed by atoms with E-state index in [1.54, 1.807) is 11.0 Å². The topological polar surface area (TPSA) is 64.0 Å². The number of hydrogen-bond acceptors (Lipinski definition) is 4. The maximum Gasteiger partial charge on any atom is 0.253 e. The number of piperidine rings is 1. The van der Waals surface area contributed by atoms with Crippen LogP contribution in [-0.4, -0.2) is 64.7 Å².